The Hall–Kier alpha value is -2.97. The molecule has 1 aromatic carbocycles. The summed E-state index contributed by atoms with van der Waals surface area (Å²) in [6.45, 7) is 0. The molecule has 0 saturated heterocycles. The average Bonchev–Trinajstić information content (AvgIpc) is 2.41. The van der Waals surface area contributed by atoms with Crippen molar-refractivity contribution in [2.45, 2.75) is 0 Å². The van der Waals surface area contributed by atoms with Gasteiger partial charge in [-0.2, -0.15) is 13.8 Å². The van der Waals surface area contributed by atoms with E-state index in [0.29, 0.717) is 6.07 Å². The highest BCUT2D eigenvalue weighted by atomic mass is 19.1. The third-order valence-electron chi connectivity index (χ3n) is 2.47. The topological polar surface area (TPSA) is 85.1 Å². The smallest absolute Gasteiger partial charge is 0.272 e. The summed E-state index contributed by atoms with van der Waals surface area (Å²) in [6.07, 6.45) is 0. The molecule has 0 aliphatic heterocycles. The fourth-order valence-electron chi connectivity index (χ4n) is 1.50. The third-order valence-corrected chi connectivity index (χ3v) is 2.47. The molecule has 0 spiro atoms. The van der Waals surface area contributed by atoms with Gasteiger partial charge in [-0.15, -0.1) is 0 Å². The Labute approximate surface area is 115 Å². The molecule has 0 saturated carbocycles. The number of nitrogens with one attached hydrogen (secondary N) is 1. The summed E-state index contributed by atoms with van der Waals surface area (Å²) in [5.74, 6) is -4.54. The Morgan fingerprint density at radius 1 is 1.19 bits per heavy atom. The van der Waals surface area contributed by atoms with Crippen LogP contribution < -0.4 is 5.32 Å². The number of amides is 1. The second-order valence-electron chi connectivity index (χ2n) is 3.85. The monoisotopic (exact) mass is 297 g/mol. The van der Waals surface area contributed by atoms with Crippen molar-refractivity contribution in [3.8, 4) is 0 Å². The quantitative estimate of drug-likeness (QED) is 0.536. The van der Waals surface area contributed by atoms with Crippen molar-refractivity contribution in [2.24, 2.45) is 0 Å². The summed E-state index contributed by atoms with van der Waals surface area (Å²) in [6, 6.07) is 4.10. The van der Waals surface area contributed by atoms with Gasteiger partial charge >= 0.3 is 0 Å². The van der Waals surface area contributed by atoms with Gasteiger partial charge in [-0.3, -0.25) is 14.9 Å². The number of carbonyl (C=O) groups is 1. The van der Waals surface area contributed by atoms with Gasteiger partial charge in [0.2, 0.25) is 11.9 Å². The first-order valence-electron chi connectivity index (χ1n) is 5.46. The fraction of sp³-hybridized carbons (Fsp3) is 0. The maximum Gasteiger partial charge on any atom is 0.272 e. The van der Waals surface area contributed by atoms with Gasteiger partial charge < -0.3 is 5.32 Å². The molecule has 0 unspecified atom stereocenters. The number of pyridine rings is 1. The van der Waals surface area contributed by atoms with Crippen LogP contribution in [0.25, 0.3) is 0 Å². The summed E-state index contributed by atoms with van der Waals surface area (Å²) in [4.78, 5) is 24.2. The van der Waals surface area contributed by atoms with Crippen LogP contribution in [-0.2, 0) is 0 Å². The average molecular weight is 297 g/mol. The van der Waals surface area contributed by atoms with E-state index in [9.17, 15) is 28.1 Å². The molecule has 0 fully saturated rings. The second-order valence-corrected chi connectivity index (χ2v) is 3.85. The Bertz CT molecular complexity index is 737. The lowest BCUT2D eigenvalue weighted by Gasteiger charge is -2.06. The molecule has 1 amide bonds. The van der Waals surface area contributed by atoms with Crippen molar-refractivity contribution in [1.29, 1.82) is 0 Å². The van der Waals surface area contributed by atoms with E-state index >= 15 is 0 Å². The normalized spacial score (nSPS) is 10.2. The molecule has 1 heterocycles. The Morgan fingerprint density at radius 2 is 1.90 bits per heavy atom. The van der Waals surface area contributed by atoms with E-state index < -0.39 is 45.5 Å². The number of nitro benzene ring substituents is 1. The number of non-ortho nitro benzene ring substituents is 1. The molecule has 0 radical (unpaired) electrons. The summed E-state index contributed by atoms with van der Waals surface area (Å²) >= 11 is 0. The van der Waals surface area contributed by atoms with E-state index in [4.69, 9.17) is 0 Å². The molecule has 2 rings (SSSR count). The van der Waals surface area contributed by atoms with Gasteiger partial charge in [0.25, 0.3) is 11.6 Å². The van der Waals surface area contributed by atoms with Gasteiger partial charge in [0, 0.05) is 6.07 Å². The number of rotatable bonds is 3. The van der Waals surface area contributed by atoms with Crippen LogP contribution in [-0.4, -0.2) is 15.8 Å². The molecule has 0 aliphatic carbocycles. The molecule has 1 N–H and O–H groups in total. The van der Waals surface area contributed by atoms with Gasteiger partial charge in [-0.05, 0) is 18.2 Å². The zero-order valence-electron chi connectivity index (χ0n) is 10.1. The van der Waals surface area contributed by atoms with Crippen molar-refractivity contribution in [3.05, 3.63) is 63.7 Å². The summed E-state index contributed by atoms with van der Waals surface area (Å²) in [5.41, 5.74) is -1.50. The van der Waals surface area contributed by atoms with E-state index in [2.05, 4.69) is 4.98 Å². The first-order chi connectivity index (χ1) is 9.88. The van der Waals surface area contributed by atoms with E-state index in [1.807, 2.05) is 5.32 Å². The SMILES string of the molecule is O=C(Nc1ccc(F)nc1F)c1ccc([N+](=O)[O-])cc1F. The minimum absolute atomic E-state index is 0.445. The number of hydrogen-bond donors (Lipinski definition) is 1. The second kappa shape index (κ2) is 5.57. The van der Waals surface area contributed by atoms with Gasteiger partial charge in [0.1, 0.15) is 5.82 Å². The van der Waals surface area contributed by atoms with Crippen molar-refractivity contribution >= 4 is 17.3 Å². The zero-order valence-corrected chi connectivity index (χ0v) is 10.1. The third kappa shape index (κ3) is 3.14. The highest BCUT2D eigenvalue weighted by Gasteiger charge is 2.17. The number of benzene rings is 1. The van der Waals surface area contributed by atoms with Crippen molar-refractivity contribution in [2.75, 3.05) is 5.32 Å². The number of hydrogen-bond acceptors (Lipinski definition) is 4. The van der Waals surface area contributed by atoms with Crippen LogP contribution in [0.1, 0.15) is 10.4 Å². The molecule has 2 aromatic rings. The van der Waals surface area contributed by atoms with Crippen molar-refractivity contribution in [3.63, 3.8) is 0 Å². The predicted octanol–water partition coefficient (Wildman–Crippen LogP) is 2.66. The highest BCUT2D eigenvalue weighted by molar-refractivity contribution is 6.04. The predicted molar refractivity (Wildman–Crippen MR) is 65.2 cm³/mol. The van der Waals surface area contributed by atoms with Crippen LogP contribution >= 0.6 is 0 Å². The van der Waals surface area contributed by atoms with Crippen LogP contribution in [0.3, 0.4) is 0 Å². The first-order valence-corrected chi connectivity index (χ1v) is 5.46. The molecular weight excluding hydrogens is 291 g/mol. The number of carbonyl (C=O) groups excluding carboxylic acids is 1. The van der Waals surface area contributed by atoms with Gasteiger partial charge in [0.05, 0.1) is 22.2 Å². The maximum atomic E-state index is 13.6. The Kier molecular flexibility index (Phi) is 3.83. The van der Waals surface area contributed by atoms with Gasteiger partial charge in [-0.1, -0.05) is 0 Å². The van der Waals surface area contributed by atoms with Crippen molar-refractivity contribution in [1.82, 2.24) is 4.98 Å². The largest absolute Gasteiger partial charge is 0.318 e. The number of anilines is 1. The minimum Gasteiger partial charge on any atom is -0.318 e. The number of nitro groups is 1. The van der Waals surface area contributed by atoms with E-state index in [1.165, 1.54) is 0 Å². The van der Waals surface area contributed by atoms with Crippen LogP contribution in [0, 0.1) is 27.8 Å². The lowest BCUT2D eigenvalue weighted by molar-refractivity contribution is -0.385. The molecule has 0 aliphatic rings. The lowest BCUT2D eigenvalue weighted by atomic mass is 10.1. The number of nitrogens with zero attached hydrogens (tertiary/aromatic N) is 2. The minimum atomic E-state index is -1.27. The van der Waals surface area contributed by atoms with Crippen molar-refractivity contribution < 1.29 is 22.9 Å². The van der Waals surface area contributed by atoms with E-state index in [-0.39, 0.29) is 0 Å². The molecule has 0 bridgehead atoms. The van der Waals surface area contributed by atoms with E-state index in [0.717, 1.165) is 24.3 Å². The lowest BCUT2D eigenvalue weighted by Crippen LogP contribution is -2.15. The van der Waals surface area contributed by atoms with Gasteiger partial charge in [-0.25, -0.2) is 4.39 Å². The molecule has 6 nitrogen and oxygen atoms in total. The van der Waals surface area contributed by atoms with E-state index in [1.54, 1.807) is 0 Å². The molecular formula is C12H6F3N3O3. The number of aromatic nitrogens is 1. The Balaban J connectivity index is 2.26. The molecule has 21 heavy (non-hydrogen) atoms. The molecule has 9 heteroatoms. The summed E-state index contributed by atoms with van der Waals surface area (Å²) in [7, 11) is 0. The van der Waals surface area contributed by atoms with Gasteiger partial charge in [0.15, 0.2) is 0 Å². The highest BCUT2D eigenvalue weighted by Crippen LogP contribution is 2.19. The molecule has 0 atom stereocenters. The fourth-order valence-corrected chi connectivity index (χ4v) is 1.50. The van der Waals surface area contributed by atoms with Crippen LogP contribution in [0.5, 0.6) is 0 Å². The standard InChI is InChI=1S/C12H6F3N3O3/c13-8-5-6(18(20)21)1-2-7(8)12(19)16-9-3-4-10(14)17-11(9)15/h1-5H,(H,16,19). The molecule has 1 aromatic heterocycles. The first kappa shape index (κ1) is 14.4. The Morgan fingerprint density at radius 3 is 2.48 bits per heavy atom. The zero-order chi connectivity index (χ0) is 15.6. The number of halogens is 3. The summed E-state index contributed by atoms with van der Waals surface area (Å²) < 4.78 is 39.4. The van der Waals surface area contributed by atoms with Crippen LogP contribution in [0.15, 0.2) is 30.3 Å². The summed E-state index contributed by atoms with van der Waals surface area (Å²) in [5, 5.41) is 12.4. The van der Waals surface area contributed by atoms with Crippen LogP contribution in [0.2, 0.25) is 0 Å². The molecule has 108 valence electrons. The van der Waals surface area contributed by atoms with Crippen LogP contribution in [0.4, 0.5) is 24.5 Å². The maximum absolute atomic E-state index is 13.6.